The van der Waals surface area contributed by atoms with Gasteiger partial charge in [0.05, 0.1) is 11.6 Å². The van der Waals surface area contributed by atoms with E-state index in [1.807, 2.05) is 36.5 Å². The van der Waals surface area contributed by atoms with E-state index in [1.165, 1.54) is 23.1 Å². The number of nitrogens with zero attached hydrogens (tertiary/aromatic N) is 1. The number of nitrogens with one attached hydrogen (secondary N) is 1. The van der Waals surface area contributed by atoms with Gasteiger partial charge in [-0.25, -0.2) is 4.79 Å². The zero-order valence-electron chi connectivity index (χ0n) is 18.7. The van der Waals surface area contributed by atoms with Gasteiger partial charge >= 0.3 is 5.97 Å². The number of aromatic amines is 1. The Balaban J connectivity index is 1.82. The maximum Gasteiger partial charge on any atom is 0.336 e. The lowest BCUT2D eigenvalue weighted by Gasteiger charge is -2.30. The van der Waals surface area contributed by atoms with E-state index in [0.29, 0.717) is 5.56 Å². The maximum atomic E-state index is 13.9. The molecule has 34 heavy (non-hydrogen) atoms. The van der Waals surface area contributed by atoms with E-state index in [9.17, 15) is 19.5 Å². The van der Waals surface area contributed by atoms with Crippen LogP contribution in [0.5, 0.6) is 0 Å². The molecule has 0 aliphatic rings. The van der Waals surface area contributed by atoms with Crippen LogP contribution in [0.15, 0.2) is 79.0 Å². The van der Waals surface area contributed by atoms with Crippen molar-refractivity contribution in [2.75, 3.05) is 12.3 Å². The molecule has 7 nitrogen and oxygen atoms in total. The first kappa shape index (κ1) is 22.8. The third-order valence-electron chi connectivity index (χ3n) is 5.93. The number of carboxylic acid groups (broad SMARTS) is 1. The maximum absolute atomic E-state index is 13.9. The summed E-state index contributed by atoms with van der Waals surface area (Å²) in [6.45, 7) is 2.06. The highest BCUT2D eigenvalue weighted by Crippen LogP contribution is 2.25. The molecule has 7 heteroatoms. The number of aromatic carboxylic acids is 1. The minimum atomic E-state index is -1.23. The Morgan fingerprint density at radius 3 is 2.38 bits per heavy atom. The second kappa shape index (κ2) is 9.62. The predicted octanol–water partition coefficient (Wildman–Crippen LogP) is 4.40. The van der Waals surface area contributed by atoms with Crippen LogP contribution in [0, 0.1) is 0 Å². The van der Waals surface area contributed by atoms with Gasteiger partial charge in [0.15, 0.2) is 5.78 Å². The standard InChI is InChI=1S/C27H25N3O4/c1-2-30(26(32)17-8-4-3-5-9-17)24(14-18-16-29-23-11-7-6-10-20(18)23)25(31)22-15-19(28)12-13-21(22)27(33)34/h3-13,15-16,24,29H,2,14,28H2,1H3,(H,33,34)/t24-/m0/s1. The Bertz CT molecular complexity index is 1360. The Hall–Kier alpha value is -4.39. The van der Waals surface area contributed by atoms with Crippen molar-refractivity contribution in [3.8, 4) is 0 Å². The minimum absolute atomic E-state index is 0.0170. The number of nitrogens with two attached hydrogens (primary N) is 1. The number of hydrogen-bond acceptors (Lipinski definition) is 4. The van der Waals surface area contributed by atoms with Crippen LogP contribution in [0.25, 0.3) is 10.9 Å². The average molecular weight is 456 g/mol. The number of anilines is 1. The number of carbonyl (C=O) groups excluding carboxylic acids is 2. The second-order valence-electron chi connectivity index (χ2n) is 8.01. The molecule has 0 radical (unpaired) electrons. The Kier molecular flexibility index (Phi) is 6.45. The van der Waals surface area contributed by atoms with Gasteiger partial charge in [-0.3, -0.25) is 9.59 Å². The molecule has 0 bridgehead atoms. The lowest BCUT2D eigenvalue weighted by atomic mass is 9.92. The van der Waals surface area contributed by atoms with Crippen molar-refractivity contribution < 1.29 is 19.5 Å². The van der Waals surface area contributed by atoms with Crippen LogP contribution in [-0.4, -0.2) is 45.2 Å². The smallest absolute Gasteiger partial charge is 0.336 e. The number of nitrogen functional groups attached to an aromatic ring is 1. The lowest BCUT2D eigenvalue weighted by molar-refractivity contribution is 0.0616. The Morgan fingerprint density at radius 1 is 0.971 bits per heavy atom. The summed E-state index contributed by atoms with van der Waals surface area (Å²) in [5.74, 6) is -2.00. The molecule has 0 aliphatic heterocycles. The topological polar surface area (TPSA) is 116 Å². The molecule has 1 atom stereocenters. The quantitative estimate of drug-likeness (QED) is 0.269. The van der Waals surface area contributed by atoms with E-state index in [4.69, 9.17) is 5.73 Å². The van der Waals surface area contributed by atoms with Crippen molar-refractivity contribution in [2.24, 2.45) is 0 Å². The van der Waals surface area contributed by atoms with Crippen LogP contribution in [-0.2, 0) is 6.42 Å². The molecular weight excluding hydrogens is 430 g/mol. The molecule has 0 unspecified atom stereocenters. The third kappa shape index (κ3) is 4.41. The van der Waals surface area contributed by atoms with E-state index in [0.717, 1.165) is 16.5 Å². The Morgan fingerprint density at radius 2 is 1.68 bits per heavy atom. The number of carbonyl (C=O) groups is 3. The fourth-order valence-electron chi connectivity index (χ4n) is 4.24. The predicted molar refractivity (Wildman–Crippen MR) is 131 cm³/mol. The molecule has 0 aliphatic carbocycles. The molecule has 0 spiro atoms. The molecular formula is C27H25N3O4. The van der Waals surface area contributed by atoms with Gasteiger partial charge in [0, 0.05) is 46.9 Å². The van der Waals surface area contributed by atoms with Gasteiger partial charge in [-0.2, -0.15) is 0 Å². The summed E-state index contributed by atoms with van der Waals surface area (Å²) in [5, 5.41) is 10.6. The molecule has 4 rings (SSSR count). The van der Waals surface area contributed by atoms with E-state index in [2.05, 4.69) is 4.98 Å². The average Bonchev–Trinajstić information content (AvgIpc) is 3.26. The van der Waals surface area contributed by atoms with Gasteiger partial charge in [0.25, 0.3) is 5.91 Å². The molecule has 4 aromatic rings. The number of carboxylic acids is 1. The molecule has 0 fully saturated rings. The lowest BCUT2D eigenvalue weighted by Crippen LogP contribution is -2.46. The van der Waals surface area contributed by atoms with Gasteiger partial charge in [-0.15, -0.1) is 0 Å². The molecule has 3 aromatic carbocycles. The number of rotatable bonds is 8. The van der Waals surface area contributed by atoms with Crippen molar-refractivity contribution in [3.63, 3.8) is 0 Å². The number of Topliss-reactive ketones (excluding diaryl/α,β-unsaturated/α-hetero) is 1. The summed E-state index contributed by atoms with van der Waals surface area (Å²) >= 11 is 0. The highest BCUT2D eigenvalue weighted by Gasteiger charge is 2.33. The number of H-pyrrole nitrogens is 1. The summed E-state index contributed by atoms with van der Waals surface area (Å²) in [6.07, 6.45) is 2.03. The van der Waals surface area contributed by atoms with Crippen molar-refractivity contribution >= 4 is 34.3 Å². The normalized spacial score (nSPS) is 11.8. The Labute approximate surface area is 196 Å². The number of hydrogen-bond donors (Lipinski definition) is 3. The van der Waals surface area contributed by atoms with Crippen molar-refractivity contribution in [1.29, 1.82) is 0 Å². The van der Waals surface area contributed by atoms with Crippen LogP contribution in [0.4, 0.5) is 5.69 Å². The number of para-hydroxylation sites is 1. The fraction of sp³-hybridized carbons (Fsp3) is 0.148. The molecule has 0 saturated carbocycles. The first-order chi connectivity index (χ1) is 16.4. The van der Waals surface area contributed by atoms with Gasteiger partial charge in [0.2, 0.25) is 0 Å². The summed E-state index contributed by atoms with van der Waals surface area (Å²) in [6, 6.07) is 19.6. The first-order valence-electron chi connectivity index (χ1n) is 11.0. The number of fused-ring (bicyclic) bond motifs is 1. The summed E-state index contributed by atoms with van der Waals surface area (Å²) < 4.78 is 0. The summed E-state index contributed by atoms with van der Waals surface area (Å²) in [7, 11) is 0. The van der Waals surface area contributed by atoms with E-state index in [1.54, 1.807) is 31.2 Å². The molecule has 4 N–H and O–H groups in total. The molecule has 0 saturated heterocycles. The fourth-order valence-corrected chi connectivity index (χ4v) is 4.24. The van der Waals surface area contributed by atoms with Crippen LogP contribution < -0.4 is 5.73 Å². The number of aromatic nitrogens is 1. The third-order valence-corrected chi connectivity index (χ3v) is 5.93. The van der Waals surface area contributed by atoms with Crippen LogP contribution in [0.3, 0.4) is 0 Å². The van der Waals surface area contributed by atoms with Gasteiger partial charge in [-0.05, 0) is 48.9 Å². The van der Waals surface area contributed by atoms with E-state index < -0.39 is 17.8 Å². The first-order valence-corrected chi connectivity index (χ1v) is 11.0. The summed E-state index contributed by atoms with van der Waals surface area (Å²) in [4.78, 5) is 43.9. The van der Waals surface area contributed by atoms with Gasteiger partial charge in [-0.1, -0.05) is 36.4 Å². The highest BCUT2D eigenvalue weighted by molar-refractivity contribution is 6.10. The number of amides is 1. The zero-order chi connectivity index (χ0) is 24.2. The van der Waals surface area contributed by atoms with E-state index in [-0.39, 0.29) is 35.7 Å². The van der Waals surface area contributed by atoms with Crippen molar-refractivity contribution in [1.82, 2.24) is 9.88 Å². The van der Waals surface area contributed by atoms with E-state index >= 15 is 0 Å². The van der Waals surface area contributed by atoms with Gasteiger partial charge < -0.3 is 20.7 Å². The minimum Gasteiger partial charge on any atom is -0.478 e. The summed E-state index contributed by atoms with van der Waals surface area (Å²) in [5.41, 5.74) is 8.24. The van der Waals surface area contributed by atoms with Crippen LogP contribution >= 0.6 is 0 Å². The molecule has 1 amide bonds. The highest BCUT2D eigenvalue weighted by atomic mass is 16.4. The van der Waals surface area contributed by atoms with Crippen molar-refractivity contribution in [3.05, 3.63) is 101 Å². The monoisotopic (exact) mass is 455 g/mol. The van der Waals surface area contributed by atoms with Gasteiger partial charge in [0.1, 0.15) is 0 Å². The largest absolute Gasteiger partial charge is 0.478 e. The molecule has 1 aromatic heterocycles. The molecule has 172 valence electrons. The SMILES string of the molecule is CCN(C(=O)c1ccccc1)[C@@H](Cc1c[nH]c2ccccc12)C(=O)c1cc(N)ccc1C(=O)O. The number of likely N-dealkylation sites (N-methyl/N-ethyl adjacent to an activating group) is 1. The number of ketones is 1. The van der Waals surface area contributed by atoms with Crippen molar-refractivity contribution in [2.45, 2.75) is 19.4 Å². The second-order valence-corrected chi connectivity index (χ2v) is 8.01. The van der Waals surface area contributed by atoms with Crippen LogP contribution in [0.2, 0.25) is 0 Å². The zero-order valence-corrected chi connectivity index (χ0v) is 18.7. The van der Waals surface area contributed by atoms with Crippen LogP contribution in [0.1, 0.15) is 43.6 Å². The molecule has 1 heterocycles. The number of benzene rings is 3.